The second-order valence-electron chi connectivity index (χ2n) is 9.88. The van der Waals surface area contributed by atoms with Crippen LogP contribution in [0.1, 0.15) is 35.2 Å². The molecule has 3 aromatic rings. The summed E-state index contributed by atoms with van der Waals surface area (Å²) in [6, 6.07) is 21.5. The van der Waals surface area contributed by atoms with Crippen LogP contribution in [0.15, 0.2) is 79.1 Å². The van der Waals surface area contributed by atoms with Crippen LogP contribution in [0.3, 0.4) is 0 Å². The zero-order valence-corrected chi connectivity index (χ0v) is 21.2. The van der Waals surface area contributed by atoms with E-state index in [0.29, 0.717) is 24.9 Å². The zero-order chi connectivity index (χ0) is 26.3. The molecule has 2 aliphatic heterocycles. The van der Waals surface area contributed by atoms with Gasteiger partial charge in [-0.15, -0.1) is 0 Å². The van der Waals surface area contributed by atoms with Gasteiger partial charge in [-0.3, -0.25) is 14.6 Å². The van der Waals surface area contributed by atoms with E-state index in [-0.39, 0.29) is 56.2 Å². The Morgan fingerprint density at radius 2 is 1.76 bits per heavy atom. The summed E-state index contributed by atoms with van der Waals surface area (Å²) in [6.45, 7) is 0.982. The monoisotopic (exact) mass is 515 g/mol. The van der Waals surface area contributed by atoms with Gasteiger partial charge in [-0.05, 0) is 41.7 Å². The fourth-order valence-electron chi connectivity index (χ4n) is 5.15. The SMILES string of the molecule is O=C(C[C@@H]1CC[C@H]2[C@@H](COC[C@H](O)CN2C(=O)c2cccnc2)O1)NCc1ccc(-c2ccccc2)cc1. The summed E-state index contributed by atoms with van der Waals surface area (Å²) in [5, 5.41) is 13.3. The molecule has 0 radical (unpaired) electrons. The molecule has 38 heavy (non-hydrogen) atoms. The summed E-state index contributed by atoms with van der Waals surface area (Å²) < 4.78 is 12.0. The van der Waals surface area contributed by atoms with Crippen molar-refractivity contribution in [2.45, 2.75) is 50.2 Å². The lowest BCUT2D eigenvalue weighted by atomic mass is 9.94. The third-order valence-corrected chi connectivity index (χ3v) is 7.11. The van der Waals surface area contributed by atoms with Crippen LogP contribution in [0.25, 0.3) is 11.1 Å². The standard InChI is InChI=1S/C30H33N3O5/c34-25-18-33(30(36)24-7-4-14-31-17-24)27-13-12-26(38-28(27)20-37-19-25)15-29(35)32-16-21-8-10-23(11-9-21)22-5-2-1-3-6-22/h1-11,14,17,25-28,34H,12-13,15-16,18-20H2,(H,32,35)/t25-,26+,27+,28-/m1/s1. The van der Waals surface area contributed by atoms with Crippen molar-refractivity contribution in [1.82, 2.24) is 15.2 Å². The lowest BCUT2D eigenvalue weighted by Gasteiger charge is -2.44. The number of ether oxygens (including phenoxy) is 2. The van der Waals surface area contributed by atoms with E-state index in [0.717, 1.165) is 16.7 Å². The molecule has 2 aliphatic rings. The van der Waals surface area contributed by atoms with Crippen molar-refractivity contribution >= 4 is 11.8 Å². The molecular weight excluding hydrogens is 482 g/mol. The molecule has 198 valence electrons. The number of carbonyl (C=O) groups excluding carboxylic acids is 2. The van der Waals surface area contributed by atoms with Gasteiger partial charge >= 0.3 is 0 Å². The van der Waals surface area contributed by atoms with Crippen LogP contribution in [0.4, 0.5) is 0 Å². The van der Waals surface area contributed by atoms with Gasteiger partial charge in [0.25, 0.3) is 5.91 Å². The van der Waals surface area contributed by atoms with E-state index in [4.69, 9.17) is 9.47 Å². The van der Waals surface area contributed by atoms with Gasteiger partial charge in [-0.1, -0.05) is 54.6 Å². The van der Waals surface area contributed by atoms with Gasteiger partial charge in [0.1, 0.15) is 6.10 Å². The minimum atomic E-state index is -0.776. The number of hydrogen-bond donors (Lipinski definition) is 2. The Bertz CT molecular complexity index is 1210. The number of aliphatic hydroxyl groups excluding tert-OH is 1. The van der Waals surface area contributed by atoms with Crippen molar-refractivity contribution in [3.05, 3.63) is 90.3 Å². The second-order valence-corrected chi connectivity index (χ2v) is 9.88. The molecule has 0 saturated carbocycles. The summed E-state index contributed by atoms with van der Waals surface area (Å²) in [5.41, 5.74) is 3.79. The van der Waals surface area contributed by atoms with E-state index in [1.165, 1.54) is 6.20 Å². The van der Waals surface area contributed by atoms with Crippen molar-refractivity contribution in [3.63, 3.8) is 0 Å². The highest BCUT2D eigenvalue weighted by atomic mass is 16.5. The largest absolute Gasteiger partial charge is 0.389 e. The molecule has 3 heterocycles. The van der Waals surface area contributed by atoms with Crippen molar-refractivity contribution in [2.24, 2.45) is 0 Å². The molecule has 0 unspecified atom stereocenters. The van der Waals surface area contributed by atoms with Crippen molar-refractivity contribution in [2.75, 3.05) is 19.8 Å². The van der Waals surface area contributed by atoms with Gasteiger partial charge in [0.05, 0.1) is 43.4 Å². The van der Waals surface area contributed by atoms with Crippen LogP contribution in [0.5, 0.6) is 0 Å². The number of aliphatic hydroxyl groups is 1. The maximum atomic E-state index is 13.3. The Hall–Kier alpha value is -3.59. The maximum Gasteiger partial charge on any atom is 0.255 e. The normalized spacial score (nSPS) is 23.6. The molecule has 0 spiro atoms. The highest BCUT2D eigenvalue weighted by Crippen LogP contribution is 2.29. The van der Waals surface area contributed by atoms with Crippen LogP contribution < -0.4 is 5.32 Å². The molecule has 2 saturated heterocycles. The predicted octanol–water partition coefficient (Wildman–Crippen LogP) is 3.20. The molecule has 1 aromatic heterocycles. The number of β-amino-alcohol motifs (C(OH)–C–C–N with tert-alkyl or cyclic N) is 1. The van der Waals surface area contributed by atoms with Crippen molar-refractivity contribution in [1.29, 1.82) is 0 Å². The molecule has 2 aromatic carbocycles. The molecule has 4 atom stereocenters. The topological polar surface area (TPSA) is 101 Å². The molecule has 5 rings (SSSR count). The first-order valence-corrected chi connectivity index (χ1v) is 13.1. The Morgan fingerprint density at radius 3 is 2.53 bits per heavy atom. The van der Waals surface area contributed by atoms with E-state index in [1.807, 2.05) is 30.3 Å². The minimum Gasteiger partial charge on any atom is -0.389 e. The number of carbonyl (C=O) groups is 2. The van der Waals surface area contributed by atoms with E-state index in [9.17, 15) is 14.7 Å². The third kappa shape index (κ3) is 6.45. The van der Waals surface area contributed by atoms with Gasteiger partial charge in [-0.2, -0.15) is 0 Å². The Morgan fingerprint density at radius 1 is 0.974 bits per heavy atom. The molecular formula is C30H33N3O5. The summed E-state index contributed by atoms with van der Waals surface area (Å²) in [4.78, 5) is 31.7. The fourth-order valence-corrected chi connectivity index (χ4v) is 5.15. The van der Waals surface area contributed by atoms with Gasteiger partial charge in [0.15, 0.2) is 0 Å². The molecule has 2 N–H and O–H groups in total. The van der Waals surface area contributed by atoms with Gasteiger partial charge in [0.2, 0.25) is 5.91 Å². The Kier molecular flexibility index (Phi) is 8.43. The summed E-state index contributed by atoms with van der Waals surface area (Å²) in [7, 11) is 0. The summed E-state index contributed by atoms with van der Waals surface area (Å²) >= 11 is 0. The minimum absolute atomic E-state index is 0.0777. The predicted molar refractivity (Wildman–Crippen MR) is 142 cm³/mol. The molecule has 8 heteroatoms. The summed E-state index contributed by atoms with van der Waals surface area (Å²) in [5.74, 6) is -0.266. The average molecular weight is 516 g/mol. The van der Waals surface area contributed by atoms with Crippen molar-refractivity contribution in [3.8, 4) is 11.1 Å². The van der Waals surface area contributed by atoms with Gasteiger partial charge in [-0.25, -0.2) is 0 Å². The lowest BCUT2D eigenvalue weighted by Crippen LogP contribution is -2.57. The molecule has 0 aliphatic carbocycles. The first kappa shape index (κ1) is 26.0. The van der Waals surface area contributed by atoms with E-state index >= 15 is 0 Å². The number of amides is 2. The second kappa shape index (κ2) is 12.3. The van der Waals surface area contributed by atoms with Gasteiger partial charge < -0.3 is 24.8 Å². The number of nitrogens with one attached hydrogen (secondary N) is 1. The quantitative estimate of drug-likeness (QED) is 0.523. The number of fused-ring (bicyclic) bond motifs is 1. The first-order chi connectivity index (χ1) is 18.6. The van der Waals surface area contributed by atoms with Crippen molar-refractivity contribution < 1.29 is 24.2 Å². The van der Waals surface area contributed by atoms with Crippen LogP contribution in [-0.4, -0.2) is 70.9 Å². The smallest absolute Gasteiger partial charge is 0.255 e. The molecule has 8 nitrogen and oxygen atoms in total. The van der Waals surface area contributed by atoms with Crippen LogP contribution >= 0.6 is 0 Å². The van der Waals surface area contributed by atoms with Gasteiger partial charge in [0, 0.05) is 25.5 Å². The third-order valence-electron chi connectivity index (χ3n) is 7.11. The van der Waals surface area contributed by atoms with Crippen LogP contribution in [-0.2, 0) is 20.8 Å². The maximum absolute atomic E-state index is 13.3. The number of aromatic nitrogens is 1. The Balaban J connectivity index is 1.16. The summed E-state index contributed by atoms with van der Waals surface area (Å²) in [6.07, 6.45) is 3.27. The molecule has 0 bridgehead atoms. The number of nitrogens with zero attached hydrogens (tertiary/aromatic N) is 2. The number of hydrogen-bond acceptors (Lipinski definition) is 6. The fraction of sp³-hybridized carbons (Fsp3) is 0.367. The van der Waals surface area contributed by atoms with E-state index in [1.54, 1.807) is 23.2 Å². The Labute approximate surface area is 222 Å². The highest BCUT2D eigenvalue weighted by Gasteiger charge is 2.40. The zero-order valence-electron chi connectivity index (χ0n) is 21.2. The number of benzene rings is 2. The number of rotatable bonds is 6. The molecule has 2 amide bonds. The highest BCUT2D eigenvalue weighted by molar-refractivity contribution is 5.94. The van der Waals surface area contributed by atoms with Crippen LogP contribution in [0, 0.1) is 0 Å². The van der Waals surface area contributed by atoms with E-state index < -0.39 is 6.10 Å². The lowest BCUT2D eigenvalue weighted by molar-refractivity contribution is -0.151. The molecule has 2 fully saturated rings. The first-order valence-electron chi connectivity index (χ1n) is 13.1. The number of pyridine rings is 1. The van der Waals surface area contributed by atoms with E-state index in [2.05, 4.69) is 34.6 Å². The van der Waals surface area contributed by atoms with Crippen LogP contribution in [0.2, 0.25) is 0 Å². The average Bonchev–Trinajstić information content (AvgIpc) is 2.95.